The zero-order valence-corrected chi connectivity index (χ0v) is 19.7. The lowest BCUT2D eigenvalue weighted by atomic mass is 9.95. The van der Waals surface area contributed by atoms with Gasteiger partial charge in [-0.2, -0.15) is 0 Å². The first-order valence-electron chi connectivity index (χ1n) is 11.8. The van der Waals surface area contributed by atoms with Gasteiger partial charge in [-0.3, -0.25) is 0 Å². The van der Waals surface area contributed by atoms with Crippen LogP contribution in [0, 0.1) is 5.92 Å². The molecule has 0 amide bonds. The van der Waals surface area contributed by atoms with Crippen LogP contribution in [0.2, 0.25) is 0 Å². The molecule has 4 heteroatoms. The number of nitrogens with two attached hydrogens (primary N) is 1. The summed E-state index contributed by atoms with van der Waals surface area (Å²) in [6, 6.07) is 18.2. The number of rotatable bonds is 10. The molecule has 1 saturated heterocycles. The average molecular weight is 426 g/mol. The Morgan fingerprint density at radius 3 is 2.19 bits per heavy atom. The topological polar surface area (TPSA) is 67.2 Å². The molecule has 0 spiro atoms. The lowest BCUT2D eigenvalue weighted by Gasteiger charge is -2.22. The van der Waals surface area contributed by atoms with Crippen LogP contribution in [0.15, 0.2) is 48.5 Å². The second kappa shape index (κ2) is 17.5. The van der Waals surface area contributed by atoms with Crippen molar-refractivity contribution in [1.82, 2.24) is 5.32 Å². The molecule has 0 atom stereocenters. The minimum absolute atomic E-state index is 0.897. The van der Waals surface area contributed by atoms with Gasteiger partial charge in [0.05, 0.1) is 0 Å². The Balaban J connectivity index is 0.00000113. The van der Waals surface area contributed by atoms with Gasteiger partial charge in [-0.15, -0.1) is 0 Å². The number of nitrogens with one attached hydrogen (secondary N) is 2. The van der Waals surface area contributed by atoms with E-state index in [0.717, 1.165) is 18.9 Å². The Bertz CT molecular complexity index is 681. The molecule has 2 aromatic rings. The largest absolute Gasteiger partial charge is 0.385 e. The first-order valence-corrected chi connectivity index (χ1v) is 11.8. The number of anilines is 1. The van der Waals surface area contributed by atoms with Crippen molar-refractivity contribution < 1.29 is 4.79 Å². The van der Waals surface area contributed by atoms with Crippen LogP contribution >= 0.6 is 0 Å². The Kier molecular flexibility index (Phi) is 15.2. The highest BCUT2D eigenvalue weighted by Gasteiger charge is 2.12. The van der Waals surface area contributed by atoms with Crippen molar-refractivity contribution in [3.63, 3.8) is 0 Å². The van der Waals surface area contributed by atoms with E-state index < -0.39 is 0 Å². The maximum Gasteiger partial charge on any atom is 0.106 e. The van der Waals surface area contributed by atoms with Gasteiger partial charge in [-0.25, -0.2) is 0 Å². The highest BCUT2D eigenvalue weighted by molar-refractivity contribution is 5.45. The molecule has 2 aromatic carbocycles. The van der Waals surface area contributed by atoms with Gasteiger partial charge < -0.3 is 21.2 Å². The molecule has 0 radical (unpaired) electrons. The summed E-state index contributed by atoms with van der Waals surface area (Å²) in [7, 11) is 1.50. The van der Waals surface area contributed by atoms with Gasteiger partial charge in [-0.05, 0) is 106 Å². The number of hydrogen-bond donors (Lipinski definition) is 3. The fraction of sp³-hybridized carbons (Fsp3) is 0.519. The molecule has 1 aliphatic rings. The second-order valence-corrected chi connectivity index (χ2v) is 7.99. The molecule has 0 saturated carbocycles. The van der Waals surface area contributed by atoms with Gasteiger partial charge in [0, 0.05) is 12.2 Å². The van der Waals surface area contributed by atoms with Crippen molar-refractivity contribution >= 4 is 12.5 Å². The maximum absolute atomic E-state index is 8.00. The minimum Gasteiger partial charge on any atom is -0.385 e. The molecule has 172 valence electrons. The van der Waals surface area contributed by atoms with Gasteiger partial charge in [0.2, 0.25) is 0 Å². The molecular weight excluding hydrogens is 382 g/mol. The van der Waals surface area contributed by atoms with Crippen LogP contribution in [0.4, 0.5) is 5.69 Å². The molecule has 4 N–H and O–H groups in total. The smallest absolute Gasteiger partial charge is 0.106 e. The maximum atomic E-state index is 8.00. The van der Waals surface area contributed by atoms with Gasteiger partial charge in [0.15, 0.2) is 0 Å². The number of hydrogen-bond acceptors (Lipinski definition) is 4. The zero-order valence-electron chi connectivity index (χ0n) is 19.7. The van der Waals surface area contributed by atoms with Crippen LogP contribution in [-0.4, -0.2) is 33.5 Å². The van der Waals surface area contributed by atoms with E-state index in [4.69, 9.17) is 4.79 Å². The van der Waals surface area contributed by atoms with Crippen molar-refractivity contribution in [2.24, 2.45) is 11.7 Å². The van der Waals surface area contributed by atoms with E-state index in [1.54, 1.807) is 0 Å². The number of carbonyl (C=O) groups is 1. The van der Waals surface area contributed by atoms with Crippen molar-refractivity contribution in [3.8, 4) is 0 Å². The molecule has 0 unspecified atom stereocenters. The minimum atomic E-state index is 0.897. The third-order valence-corrected chi connectivity index (χ3v) is 5.88. The Labute approximate surface area is 190 Å². The molecule has 3 rings (SSSR count). The Morgan fingerprint density at radius 1 is 0.935 bits per heavy atom. The normalized spacial score (nSPS) is 13.4. The monoisotopic (exact) mass is 425 g/mol. The summed E-state index contributed by atoms with van der Waals surface area (Å²) in [4.78, 5) is 8.00. The summed E-state index contributed by atoms with van der Waals surface area (Å²) in [5.41, 5.74) is 10.2. The zero-order chi connectivity index (χ0) is 22.7. The average Bonchev–Trinajstić information content (AvgIpc) is 2.86. The van der Waals surface area contributed by atoms with Gasteiger partial charge in [0.1, 0.15) is 6.79 Å². The van der Waals surface area contributed by atoms with E-state index in [1.807, 2.05) is 6.79 Å². The summed E-state index contributed by atoms with van der Waals surface area (Å²) in [5.74, 6) is 0.897. The van der Waals surface area contributed by atoms with E-state index in [0.29, 0.717) is 0 Å². The predicted octanol–water partition coefficient (Wildman–Crippen LogP) is 5.01. The molecule has 1 heterocycles. The van der Waals surface area contributed by atoms with Crippen LogP contribution in [-0.2, 0) is 24.1 Å². The summed E-state index contributed by atoms with van der Waals surface area (Å²) in [6.07, 6.45) is 9.99. The fourth-order valence-corrected chi connectivity index (χ4v) is 4.03. The van der Waals surface area contributed by atoms with E-state index in [1.165, 1.54) is 87.5 Å². The van der Waals surface area contributed by atoms with E-state index in [-0.39, 0.29) is 0 Å². The molecular formula is C27H43N3O. The quantitative estimate of drug-likeness (QED) is 0.468. The third kappa shape index (κ3) is 11.1. The Morgan fingerprint density at radius 2 is 1.55 bits per heavy atom. The highest BCUT2D eigenvalue weighted by atomic mass is 16.1. The third-order valence-electron chi connectivity index (χ3n) is 5.88. The van der Waals surface area contributed by atoms with Crippen molar-refractivity contribution in [2.75, 3.05) is 32.0 Å². The molecule has 0 bridgehead atoms. The lowest BCUT2D eigenvalue weighted by molar-refractivity contribution is -0.0979. The first kappa shape index (κ1) is 26.9. The summed E-state index contributed by atoms with van der Waals surface area (Å²) < 4.78 is 0. The van der Waals surface area contributed by atoms with Crippen molar-refractivity contribution in [1.29, 1.82) is 0 Å². The van der Waals surface area contributed by atoms with Crippen molar-refractivity contribution in [3.05, 3.63) is 65.2 Å². The molecule has 0 aliphatic carbocycles. The van der Waals surface area contributed by atoms with Crippen LogP contribution in [0.5, 0.6) is 0 Å². The van der Waals surface area contributed by atoms with Crippen molar-refractivity contribution in [2.45, 2.75) is 58.3 Å². The van der Waals surface area contributed by atoms with Crippen LogP contribution in [0.1, 0.15) is 55.7 Å². The molecule has 31 heavy (non-hydrogen) atoms. The van der Waals surface area contributed by atoms with Crippen LogP contribution in [0.25, 0.3) is 0 Å². The van der Waals surface area contributed by atoms with Crippen LogP contribution in [0.3, 0.4) is 0 Å². The first-order chi connectivity index (χ1) is 15.3. The Hall–Kier alpha value is -2.17. The number of unbranched alkanes of at least 4 members (excludes halogenated alkanes) is 1. The van der Waals surface area contributed by atoms with Gasteiger partial charge >= 0.3 is 0 Å². The van der Waals surface area contributed by atoms with Gasteiger partial charge in [-0.1, -0.05) is 43.3 Å². The highest BCUT2D eigenvalue weighted by Crippen LogP contribution is 2.18. The van der Waals surface area contributed by atoms with Crippen LogP contribution < -0.4 is 16.4 Å². The van der Waals surface area contributed by atoms with E-state index >= 15 is 0 Å². The fourth-order valence-electron chi connectivity index (χ4n) is 4.03. The second-order valence-electron chi connectivity index (χ2n) is 7.99. The number of benzene rings is 2. The number of piperidine rings is 1. The molecule has 1 fully saturated rings. The summed E-state index contributed by atoms with van der Waals surface area (Å²) >= 11 is 0. The lowest BCUT2D eigenvalue weighted by Crippen LogP contribution is -2.28. The standard InChI is InChI=1S/C25H36N2.CH5N.CH2O/c1-2-21-10-12-22(13-11-21)6-3-4-7-24-8-5-9-25(20-24)27-19-16-23-14-17-26-18-15-23;2*1-2/h5,8-13,20,23,26-27H,2-4,6-7,14-19H2,1H3;2H2,1H3;1H2. The molecule has 0 aromatic heterocycles. The van der Waals surface area contributed by atoms with E-state index in [9.17, 15) is 0 Å². The SMILES string of the molecule is C=O.CCc1ccc(CCCCc2cccc(NCCC3CCNCC3)c2)cc1.CN. The number of aryl methyl sites for hydroxylation is 3. The van der Waals surface area contributed by atoms with Gasteiger partial charge in [0.25, 0.3) is 0 Å². The molecule has 1 aliphatic heterocycles. The summed E-state index contributed by atoms with van der Waals surface area (Å²) in [5, 5.41) is 7.09. The summed E-state index contributed by atoms with van der Waals surface area (Å²) in [6.45, 7) is 7.71. The predicted molar refractivity (Wildman–Crippen MR) is 135 cm³/mol. The molecule has 4 nitrogen and oxygen atoms in total. The van der Waals surface area contributed by atoms with E-state index in [2.05, 4.69) is 71.8 Å². The number of carbonyl (C=O) groups excluding carboxylic acids is 1.